The van der Waals surface area contributed by atoms with Gasteiger partial charge in [0.1, 0.15) is 23.9 Å². The van der Waals surface area contributed by atoms with E-state index in [-0.39, 0.29) is 12.8 Å². The highest BCUT2D eigenvalue weighted by Gasteiger charge is 2.01. The predicted octanol–water partition coefficient (Wildman–Crippen LogP) is 3.36. The number of hydrogen-bond acceptors (Lipinski definition) is 4. The van der Waals surface area contributed by atoms with Gasteiger partial charge in [0.15, 0.2) is 6.73 Å². The topological polar surface area (TPSA) is 68.8 Å². The van der Waals surface area contributed by atoms with Crippen molar-refractivity contribution in [3.8, 4) is 17.2 Å². The van der Waals surface area contributed by atoms with Gasteiger partial charge in [-0.3, -0.25) is 0 Å². The predicted molar refractivity (Wildman–Crippen MR) is 101 cm³/mol. The lowest BCUT2D eigenvalue weighted by molar-refractivity contribution is 0.220. The van der Waals surface area contributed by atoms with Gasteiger partial charge in [-0.2, -0.15) is 0 Å². The Morgan fingerprint density at radius 1 is 0.885 bits per heavy atom. The van der Waals surface area contributed by atoms with Gasteiger partial charge < -0.3 is 24.8 Å². The maximum atomic E-state index is 11.7. The summed E-state index contributed by atoms with van der Waals surface area (Å²) < 4.78 is 16.1. The second kappa shape index (κ2) is 10.9. The van der Waals surface area contributed by atoms with Gasteiger partial charge in [-0.05, 0) is 48.4 Å². The SMILES string of the molecule is CCCc1ccc(OCNC(=O)NCCOc2ccc(OC)cc2)cc1. The van der Waals surface area contributed by atoms with E-state index >= 15 is 0 Å². The van der Waals surface area contributed by atoms with Crippen LogP contribution in [0.15, 0.2) is 48.5 Å². The quantitative estimate of drug-likeness (QED) is 0.505. The molecule has 0 fully saturated rings. The van der Waals surface area contributed by atoms with Crippen molar-refractivity contribution in [3.05, 3.63) is 54.1 Å². The van der Waals surface area contributed by atoms with Crippen LogP contribution in [-0.2, 0) is 6.42 Å². The summed E-state index contributed by atoms with van der Waals surface area (Å²) in [6.45, 7) is 3.02. The molecule has 26 heavy (non-hydrogen) atoms. The molecule has 2 aromatic carbocycles. The highest BCUT2D eigenvalue weighted by Crippen LogP contribution is 2.16. The normalized spacial score (nSPS) is 10.1. The highest BCUT2D eigenvalue weighted by molar-refractivity contribution is 5.73. The van der Waals surface area contributed by atoms with Gasteiger partial charge >= 0.3 is 6.03 Å². The summed E-state index contributed by atoms with van der Waals surface area (Å²) in [5, 5.41) is 5.35. The van der Waals surface area contributed by atoms with Crippen molar-refractivity contribution in [2.24, 2.45) is 0 Å². The van der Waals surface area contributed by atoms with Crippen LogP contribution < -0.4 is 24.8 Å². The molecule has 2 amide bonds. The molecule has 0 saturated heterocycles. The van der Waals surface area contributed by atoms with Gasteiger partial charge in [0.05, 0.1) is 13.7 Å². The second-order valence-electron chi connectivity index (χ2n) is 5.64. The van der Waals surface area contributed by atoms with E-state index in [0.717, 1.165) is 30.1 Å². The molecule has 0 atom stereocenters. The van der Waals surface area contributed by atoms with E-state index in [1.54, 1.807) is 7.11 Å². The van der Waals surface area contributed by atoms with Crippen molar-refractivity contribution in [2.75, 3.05) is 27.0 Å². The molecule has 6 heteroatoms. The Labute approximate surface area is 154 Å². The Balaban J connectivity index is 1.57. The first-order chi connectivity index (χ1) is 12.7. The number of amides is 2. The van der Waals surface area contributed by atoms with Crippen LogP contribution in [0.25, 0.3) is 0 Å². The van der Waals surface area contributed by atoms with Crippen molar-refractivity contribution in [1.29, 1.82) is 0 Å². The molecule has 140 valence electrons. The minimum atomic E-state index is -0.300. The Kier molecular flexibility index (Phi) is 8.12. The van der Waals surface area contributed by atoms with Gasteiger partial charge in [-0.25, -0.2) is 4.79 Å². The average molecular weight is 358 g/mol. The average Bonchev–Trinajstić information content (AvgIpc) is 2.67. The number of rotatable bonds is 10. The van der Waals surface area contributed by atoms with Crippen LogP contribution in [0.3, 0.4) is 0 Å². The summed E-state index contributed by atoms with van der Waals surface area (Å²) in [7, 11) is 1.61. The first-order valence-electron chi connectivity index (χ1n) is 8.71. The van der Waals surface area contributed by atoms with E-state index in [9.17, 15) is 4.79 Å². The Morgan fingerprint density at radius 2 is 1.50 bits per heavy atom. The fraction of sp³-hybridized carbons (Fsp3) is 0.350. The van der Waals surface area contributed by atoms with Gasteiger partial charge in [0.2, 0.25) is 0 Å². The summed E-state index contributed by atoms with van der Waals surface area (Å²) in [4.78, 5) is 11.7. The van der Waals surface area contributed by atoms with Crippen LogP contribution in [0.2, 0.25) is 0 Å². The molecular weight excluding hydrogens is 332 g/mol. The summed E-state index contributed by atoms with van der Waals surface area (Å²) in [6, 6.07) is 14.9. The minimum Gasteiger partial charge on any atom is -0.497 e. The van der Waals surface area contributed by atoms with E-state index in [1.165, 1.54) is 5.56 Å². The maximum absolute atomic E-state index is 11.7. The highest BCUT2D eigenvalue weighted by atomic mass is 16.5. The number of aryl methyl sites for hydroxylation is 1. The maximum Gasteiger partial charge on any atom is 0.317 e. The third kappa shape index (κ3) is 6.93. The number of nitrogens with one attached hydrogen (secondary N) is 2. The summed E-state index contributed by atoms with van der Waals surface area (Å²) in [5.41, 5.74) is 1.28. The molecule has 0 aliphatic heterocycles. The summed E-state index contributed by atoms with van der Waals surface area (Å²) in [5.74, 6) is 2.23. The van der Waals surface area contributed by atoms with Crippen LogP contribution in [0, 0.1) is 0 Å². The van der Waals surface area contributed by atoms with Crippen molar-refractivity contribution in [1.82, 2.24) is 10.6 Å². The van der Waals surface area contributed by atoms with Crippen molar-refractivity contribution < 1.29 is 19.0 Å². The van der Waals surface area contributed by atoms with E-state index in [1.807, 2.05) is 48.5 Å². The zero-order chi connectivity index (χ0) is 18.6. The molecule has 0 saturated carbocycles. The van der Waals surface area contributed by atoms with E-state index < -0.39 is 0 Å². The molecule has 0 spiro atoms. The number of hydrogen-bond donors (Lipinski definition) is 2. The molecule has 2 rings (SSSR count). The first-order valence-corrected chi connectivity index (χ1v) is 8.71. The Morgan fingerprint density at radius 3 is 2.15 bits per heavy atom. The van der Waals surface area contributed by atoms with Gasteiger partial charge in [-0.1, -0.05) is 25.5 Å². The van der Waals surface area contributed by atoms with Crippen molar-refractivity contribution >= 4 is 6.03 Å². The minimum absolute atomic E-state index is 0.109. The van der Waals surface area contributed by atoms with Crippen LogP contribution in [-0.4, -0.2) is 33.0 Å². The van der Waals surface area contributed by atoms with Gasteiger partial charge in [-0.15, -0.1) is 0 Å². The lowest BCUT2D eigenvalue weighted by Crippen LogP contribution is -2.39. The van der Waals surface area contributed by atoms with E-state index in [4.69, 9.17) is 14.2 Å². The third-order valence-electron chi connectivity index (χ3n) is 3.65. The molecular formula is C20H26N2O4. The number of carbonyl (C=O) groups is 1. The molecule has 2 aromatic rings. The van der Waals surface area contributed by atoms with Crippen LogP contribution >= 0.6 is 0 Å². The number of methoxy groups -OCH3 is 1. The largest absolute Gasteiger partial charge is 0.497 e. The summed E-state index contributed by atoms with van der Waals surface area (Å²) >= 11 is 0. The zero-order valence-electron chi connectivity index (χ0n) is 15.3. The lowest BCUT2D eigenvalue weighted by Gasteiger charge is -2.11. The van der Waals surface area contributed by atoms with Crippen LogP contribution in [0.4, 0.5) is 4.79 Å². The fourth-order valence-electron chi connectivity index (χ4n) is 2.29. The fourth-order valence-corrected chi connectivity index (χ4v) is 2.29. The summed E-state index contributed by atoms with van der Waals surface area (Å²) in [6.07, 6.45) is 2.17. The Bertz CT molecular complexity index is 657. The molecule has 0 heterocycles. The lowest BCUT2D eigenvalue weighted by atomic mass is 10.1. The third-order valence-corrected chi connectivity index (χ3v) is 3.65. The first kappa shape index (κ1) is 19.4. The molecule has 0 bridgehead atoms. The number of carbonyl (C=O) groups excluding carboxylic acids is 1. The standard InChI is InChI=1S/C20H26N2O4/c1-3-4-16-5-7-19(8-6-16)26-15-22-20(23)21-13-14-25-18-11-9-17(24-2)10-12-18/h5-12H,3-4,13-15H2,1-2H3,(H2,21,22,23). The smallest absolute Gasteiger partial charge is 0.317 e. The number of ether oxygens (including phenoxy) is 3. The molecule has 0 aromatic heterocycles. The molecule has 2 N–H and O–H groups in total. The Hall–Kier alpha value is -2.89. The zero-order valence-corrected chi connectivity index (χ0v) is 15.3. The van der Waals surface area contributed by atoms with Crippen LogP contribution in [0.5, 0.6) is 17.2 Å². The molecule has 0 radical (unpaired) electrons. The van der Waals surface area contributed by atoms with Crippen molar-refractivity contribution in [2.45, 2.75) is 19.8 Å². The molecule has 0 aliphatic carbocycles. The molecule has 0 aliphatic rings. The number of benzene rings is 2. The second-order valence-corrected chi connectivity index (χ2v) is 5.64. The van der Waals surface area contributed by atoms with Crippen molar-refractivity contribution in [3.63, 3.8) is 0 Å². The molecule has 0 unspecified atom stereocenters. The van der Waals surface area contributed by atoms with Crippen LogP contribution in [0.1, 0.15) is 18.9 Å². The number of urea groups is 1. The monoisotopic (exact) mass is 358 g/mol. The van der Waals surface area contributed by atoms with E-state index in [2.05, 4.69) is 17.6 Å². The van der Waals surface area contributed by atoms with Gasteiger partial charge in [0.25, 0.3) is 0 Å². The molecule has 6 nitrogen and oxygen atoms in total. The van der Waals surface area contributed by atoms with Gasteiger partial charge in [0, 0.05) is 0 Å². The van der Waals surface area contributed by atoms with E-state index in [0.29, 0.717) is 13.2 Å².